The van der Waals surface area contributed by atoms with Crippen LogP contribution in [-0.4, -0.2) is 14.6 Å². The van der Waals surface area contributed by atoms with Crippen molar-refractivity contribution in [2.45, 2.75) is 18.4 Å². The Hall–Kier alpha value is -2.16. The summed E-state index contributed by atoms with van der Waals surface area (Å²) in [6.45, 7) is 2.33. The monoisotopic (exact) mass is 536 g/mol. The van der Waals surface area contributed by atoms with Crippen LogP contribution in [0.4, 0.5) is 0 Å². The zero-order valence-corrected chi connectivity index (χ0v) is 19.5. The van der Waals surface area contributed by atoms with E-state index in [1.165, 1.54) is 6.21 Å². The molecule has 0 atom stereocenters. The van der Waals surface area contributed by atoms with E-state index in [0.717, 1.165) is 20.1 Å². The second-order valence-corrected chi connectivity index (χ2v) is 9.62. The molecule has 0 spiro atoms. The SMILES string of the molecule is Cc1ccc(S(=O)(=O)N/N=C\c2cc(Br)c(OCc3ccccc3)c(Br)c2)cc1. The molecule has 3 aromatic rings. The number of halogens is 2. The summed E-state index contributed by atoms with van der Waals surface area (Å²) in [6, 6.07) is 20.0. The van der Waals surface area contributed by atoms with E-state index >= 15 is 0 Å². The van der Waals surface area contributed by atoms with E-state index in [4.69, 9.17) is 4.74 Å². The van der Waals surface area contributed by atoms with E-state index in [0.29, 0.717) is 17.9 Å². The first-order valence-electron chi connectivity index (χ1n) is 8.62. The van der Waals surface area contributed by atoms with Crippen molar-refractivity contribution >= 4 is 48.1 Å². The van der Waals surface area contributed by atoms with Crippen molar-refractivity contribution in [2.75, 3.05) is 0 Å². The summed E-state index contributed by atoms with van der Waals surface area (Å²) in [5.74, 6) is 0.659. The number of hydrazone groups is 1. The van der Waals surface area contributed by atoms with Crippen LogP contribution in [0.2, 0.25) is 0 Å². The number of nitrogens with one attached hydrogen (secondary N) is 1. The Morgan fingerprint density at radius 1 is 1.00 bits per heavy atom. The number of hydrogen-bond donors (Lipinski definition) is 1. The zero-order valence-electron chi connectivity index (χ0n) is 15.5. The van der Waals surface area contributed by atoms with Crippen molar-refractivity contribution in [1.82, 2.24) is 4.83 Å². The van der Waals surface area contributed by atoms with E-state index in [1.807, 2.05) is 37.3 Å². The number of benzene rings is 3. The van der Waals surface area contributed by atoms with Crippen LogP contribution < -0.4 is 9.57 Å². The molecular weight excluding hydrogens is 520 g/mol. The third-order valence-corrected chi connectivity index (χ3v) is 6.38. The summed E-state index contributed by atoms with van der Waals surface area (Å²) >= 11 is 6.98. The Kier molecular flexibility index (Phi) is 7.10. The minimum Gasteiger partial charge on any atom is -0.487 e. The van der Waals surface area contributed by atoms with Gasteiger partial charge in [0.15, 0.2) is 0 Å². The molecule has 0 aliphatic carbocycles. The van der Waals surface area contributed by atoms with Gasteiger partial charge in [0.2, 0.25) is 0 Å². The fourth-order valence-corrected chi connectivity index (χ4v) is 4.70. The average molecular weight is 538 g/mol. The highest BCUT2D eigenvalue weighted by atomic mass is 79.9. The van der Waals surface area contributed by atoms with Gasteiger partial charge in [0.1, 0.15) is 12.4 Å². The predicted octanol–water partition coefficient (Wildman–Crippen LogP) is 5.41. The zero-order chi connectivity index (χ0) is 20.9. The fourth-order valence-electron chi connectivity index (χ4n) is 2.46. The van der Waals surface area contributed by atoms with Gasteiger partial charge in [0.25, 0.3) is 10.0 Å². The maximum atomic E-state index is 12.3. The molecule has 0 aliphatic rings. The summed E-state index contributed by atoms with van der Waals surface area (Å²) in [4.78, 5) is 2.38. The smallest absolute Gasteiger partial charge is 0.276 e. The highest BCUT2D eigenvalue weighted by Crippen LogP contribution is 2.35. The minimum absolute atomic E-state index is 0.160. The van der Waals surface area contributed by atoms with Gasteiger partial charge in [-0.05, 0) is 74.2 Å². The quantitative estimate of drug-likeness (QED) is 0.323. The predicted molar refractivity (Wildman–Crippen MR) is 122 cm³/mol. The van der Waals surface area contributed by atoms with Gasteiger partial charge >= 0.3 is 0 Å². The molecule has 0 saturated carbocycles. The largest absolute Gasteiger partial charge is 0.487 e. The number of hydrogen-bond acceptors (Lipinski definition) is 4. The normalized spacial score (nSPS) is 11.6. The fraction of sp³-hybridized carbons (Fsp3) is 0.0952. The van der Waals surface area contributed by atoms with Crippen molar-refractivity contribution in [2.24, 2.45) is 5.10 Å². The van der Waals surface area contributed by atoms with Gasteiger partial charge in [-0.15, -0.1) is 0 Å². The van der Waals surface area contributed by atoms with Gasteiger partial charge in [-0.1, -0.05) is 48.0 Å². The first-order chi connectivity index (χ1) is 13.8. The molecule has 29 heavy (non-hydrogen) atoms. The van der Waals surface area contributed by atoms with Crippen LogP contribution in [0.25, 0.3) is 0 Å². The van der Waals surface area contributed by atoms with Crippen molar-refractivity contribution in [3.63, 3.8) is 0 Å². The molecule has 0 amide bonds. The Labute approximate surface area is 187 Å². The maximum Gasteiger partial charge on any atom is 0.276 e. The Balaban J connectivity index is 1.69. The lowest BCUT2D eigenvalue weighted by molar-refractivity contribution is 0.302. The van der Waals surface area contributed by atoms with Crippen molar-refractivity contribution < 1.29 is 13.2 Å². The Bertz CT molecular complexity index is 1090. The number of sulfonamides is 1. The Morgan fingerprint density at radius 2 is 1.62 bits per heavy atom. The number of aryl methyl sites for hydroxylation is 1. The molecule has 150 valence electrons. The van der Waals surface area contributed by atoms with Crippen LogP contribution in [0.5, 0.6) is 5.75 Å². The molecule has 0 unspecified atom stereocenters. The lowest BCUT2D eigenvalue weighted by Crippen LogP contribution is -2.18. The molecule has 0 fully saturated rings. The maximum absolute atomic E-state index is 12.3. The highest BCUT2D eigenvalue weighted by molar-refractivity contribution is 9.11. The molecule has 0 bridgehead atoms. The topological polar surface area (TPSA) is 67.8 Å². The van der Waals surface area contributed by atoms with Gasteiger partial charge in [0.05, 0.1) is 20.1 Å². The van der Waals surface area contributed by atoms with E-state index in [1.54, 1.807) is 36.4 Å². The molecule has 0 saturated heterocycles. The van der Waals surface area contributed by atoms with Crippen molar-refractivity contribution in [3.05, 3.63) is 92.4 Å². The summed E-state index contributed by atoms with van der Waals surface area (Å²) in [5, 5.41) is 3.87. The van der Waals surface area contributed by atoms with Crippen molar-refractivity contribution in [3.8, 4) is 5.75 Å². The second-order valence-electron chi connectivity index (χ2n) is 6.25. The summed E-state index contributed by atoms with van der Waals surface area (Å²) in [6.07, 6.45) is 1.43. The van der Waals surface area contributed by atoms with Gasteiger partial charge in [0, 0.05) is 0 Å². The van der Waals surface area contributed by atoms with Gasteiger partial charge in [-0.25, -0.2) is 4.83 Å². The van der Waals surface area contributed by atoms with E-state index < -0.39 is 10.0 Å². The van der Waals surface area contributed by atoms with E-state index in [2.05, 4.69) is 41.8 Å². The van der Waals surface area contributed by atoms with Gasteiger partial charge in [-0.2, -0.15) is 13.5 Å². The molecule has 0 radical (unpaired) electrons. The molecule has 0 aromatic heterocycles. The van der Waals surface area contributed by atoms with Crippen LogP contribution in [0.3, 0.4) is 0 Å². The summed E-state index contributed by atoms with van der Waals surface area (Å²) in [5.41, 5.74) is 2.74. The van der Waals surface area contributed by atoms with Gasteiger partial charge in [-0.3, -0.25) is 0 Å². The molecule has 0 aliphatic heterocycles. The molecule has 0 heterocycles. The van der Waals surface area contributed by atoms with Crippen LogP contribution in [-0.2, 0) is 16.6 Å². The number of ether oxygens (including phenoxy) is 1. The molecule has 3 rings (SSSR count). The molecule has 1 N–H and O–H groups in total. The first kappa shape index (κ1) is 21.5. The first-order valence-corrected chi connectivity index (χ1v) is 11.7. The number of nitrogens with zero attached hydrogens (tertiary/aromatic N) is 1. The minimum atomic E-state index is -3.71. The van der Waals surface area contributed by atoms with Crippen molar-refractivity contribution in [1.29, 1.82) is 0 Å². The second kappa shape index (κ2) is 9.56. The third-order valence-electron chi connectivity index (χ3n) is 3.96. The lowest BCUT2D eigenvalue weighted by Gasteiger charge is -2.11. The number of rotatable bonds is 7. The van der Waals surface area contributed by atoms with Gasteiger partial charge < -0.3 is 4.74 Å². The third kappa shape index (κ3) is 5.91. The summed E-state index contributed by atoms with van der Waals surface area (Å²) in [7, 11) is -3.71. The van der Waals surface area contributed by atoms with Crippen LogP contribution in [0, 0.1) is 6.92 Å². The standard InChI is InChI=1S/C21H18Br2N2O3S/c1-15-7-9-18(10-8-15)29(26,27)25-24-13-17-11-19(22)21(20(23)12-17)28-14-16-5-3-2-4-6-16/h2-13,25H,14H2,1H3/b24-13-. The molecule has 3 aromatic carbocycles. The van der Waals surface area contributed by atoms with Crippen LogP contribution in [0.1, 0.15) is 16.7 Å². The molecule has 5 nitrogen and oxygen atoms in total. The summed E-state index contributed by atoms with van der Waals surface area (Å²) < 4.78 is 31.9. The Morgan fingerprint density at radius 3 is 2.24 bits per heavy atom. The highest BCUT2D eigenvalue weighted by Gasteiger charge is 2.12. The van der Waals surface area contributed by atoms with Crippen LogP contribution in [0.15, 0.2) is 85.7 Å². The molecule has 8 heteroatoms. The van der Waals surface area contributed by atoms with E-state index in [9.17, 15) is 8.42 Å². The lowest BCUT2D eigenvalue weighted by atomic mass is 10.2. The molecular formula is C21H18Br2N2O3S. The van der Waals surface area contributed by atoms with Crippen LogP contribution >= 0.6 is 31.9 Å². The van der Waals surface area contributed by atoms with E-state index in [-0.39, 0.29) is 4.90 Å². The average Bonchev–Trinajstić information content (AvgIpc) is 2.68.